The number of hydrogen-bond acceptors (Lipinski definition) is 14. The summed E-state index contributed by atoms with van der Waals surface area (Å²) in [6.45, 7) is 6.35. The lowest BCUT2D eigenvalue weighted by Crippen LogP contribution is -2.61. The second-order valence-corrected chi connectivity index (χ2v) is 17.4. The first-order chi connectivity index (χ1) is 31.4. The molecule has 362 valence electrons. The van der Waals surface area contributed by atoms with Crippen LogP contribution in [0.5, 0.6) is 0 Å². The van der Waals surface area contributed by atoms with Crippen molar-refractivity contribution in [3.63, 3.8) is 0 Å². The van der Waals surface area contributed by atoms with E-state index in [9.17, 15) is 48.2 Å². The highest BCUT2D eigenvalue weighted by atomic mass is 31.2. The lowest BCUT2D eigenvalue weighted by molar-refractivity contribution is -0.139. The van der Waals surface area contributed by atoms with Gasteiger partial charge in [-0.25, -0.2) is 14.2 Å². The van der Waals surface area contributed by atoms with E-state index in [1.165, 1.54) is 24.2 Å². The van der Waals surface area contributed by atoms with Gasteiger partial charge in [-0.15, -0.1) is 5.10 Å². The standard InChI is InChI=1S/C41H61N12O12P/c1-26(2)19-32(46-41(60)35-15-12-17-52(35)28(4)55)38(57)45-33(39(58)47-34(24-54)40(59)48-36(37(42)56)27(3)65-66(61,62)63)20-31-22-43-25-51(31)16-10-5-6-11-18-64-44-21-29-23-53(50-49-29)30-13-8-7-9-14-30/h7-9,13-14,21-23,25-27,32-36,54H,5-6,10-12,15-20,24H2,1-4H3,(H2,42,56)(H,45,57)(H,46,60)(H,47,58)(H,48,59)(H2,61,62,63)/b44-21+/t27-,32+,33+,34+,35+,36+/m1/s1. The SMILES string of the molecule is CC(=O)N1CCC[C@H]1C(=O)N[C@@H](CC(C)C)C(=O)N[C@@H](Cc1cncn1CCCCCCO/N=C/c1cn(-c2ccccc2)nn1)C(=O)N[C@@H](CO)C(=O)N[C@H](C(N)=O)[C@@H](C)OP(=O)(O)O. The van der Waals surface area contributed by atoms with Gasteiger partial charge in [0.15, 0.2) is 0 Å². The lowest BCUT2D eigenvalue weighted by Gasteiger charge is -2.28. The van der Waals surface area contributed by atoms with E-state index in [1.54, 1.807) is 21.8 Å². The number of aliphatic hydroxyl groups is 1. The fourth-order valence-corrected chi connectivity index (χ4v) is 7.76. The van der Waals surface area contributed by atoms with Crippen molar-refractivity contribution in [2.45, 2.75) is 122 Å². The van der Waals surface area contributed by atoms with E-state index in [1.807, 2.05) is 44.2 Å². The van der Waals surface area contributed by atoms with E-state index in [2.05, 4.69) is 46.2 Å². The zero-order valence-corrected chi connectivity index (χ0v) is 38.3. The Morgan fingerprint density at radius 1 is 0.955 bits per heavy atom. The normalized spacial score (nSPS) is 16.3. The summed E-state index contributed by atoms with van der Waals surface area (Å²) in [5, 5.41) is 32.3. The average molecular weight is 945 g/mol. The number of carbonyl (C=O) groups excluding carboxylic acids is 6. The number of hydrogen-bond donors (Lipinski definition) is 8. The highest BCUT2D eigenvalue weighted by Gasteiger charge is 2.37. The smallest absolute Gasteiger partial charge is 0.396 e. The van der Waals surface area contributed by atoms with Gasteiger partial charge in [-0.1, -0.05) is 48.8 Å². The highest BCUT2D eigenvalue weighted by molar-refractivity contribution is 7.46. The van der Waals surface area contributed by atoms with Crippen LogP contribution in [0.3, 0.4) is 0 Å². The molecular formula is C41H61N12O12P. The molecule has 2 aromatic heterocycles. The van der Waals surface area contributed by atoms with Gasteiger partial charge in [0.25, 0.3) is 0 Å². The zero-order chi connectivity index (χ0) is 48.4. The number of nitrogens with two attached hydrogens (primary N) is 1. The van der Waals surface area contributed by atoms with Gasteiger partial charge >= 0.3 is 7.82 Å². The van der Waals surface area contributed by atoms with Crippen LogP contribution in [-0.2, 0) is 55.7 Å². The Morgan fingerprint density at radius 2 is 1.64 bits per heavy atom. The average Bonchev–Trinajstić information content (AvgIpc) is 4.05. The maximum Gasteiger partial charge on any atom is 0.469 e. The van der Waals surface area contributed by atoms with Crippen LogP contribution in [0, 0.1) is 5.92 Å². The number of likely N-dealkylation sites (tertiary alicyclic amines) is 1. The van der Waals surface area contributed by atoms with Crippen LogP contribution < -0.4 is 27.0 Å². The number of nitrogens with one attached hydrogen (secondary N) is 4. The van der Waals surface area contributed by atoms with Crippen molar-refractivity contribution >= 4 is 49.5 Å². The first-order valence-electron chi connectivity index (χ1n) is 21.6. The monoisotopic (exact) mass is 944 g/mol. The van der Waals surface area contributed by atoms with Crippen LogP contribution in [0.15, 0.2) is 54.2 Å². The van der Waals surface area contributed by atoms with Gasteiger partial charge in [-0.3, -0.25) is 33.3 Å². The molecule has 1 aromatic carbocycles. The summed E-state index contributed by atoms with van der Waals surface area (Å²) in [6, 6.07) is 2.64. The Bertz CT molecular complexity index is 2160. The molecule has 66 heavy (non-hydrogen) atoms. The molecule has 0 radical (unpaired) electrons. The Labute approximate surface area is 381 Å². The molecule has 6 atom stereocenters. The molecule has 3 aromatic rings. The summed E-state index contributed by atoms with van der Waals surface area (Å²) in [7, 11) is -5.13. The number of imidazole rings is 1. The Hall–Kier alpha value is -6.07. The molecule has 24 nitrogen and oxygen atoms in total. The summed E-state index contributed by atoms with van der Waals surface area (Å²) < 4.78 is 19.3. The Kier molecular flexibility index (Phi) is 20.4. The molecule has 0 bridgehead atoms. The number of carbonyl (C=O) groups is 6. The number of aryl methyl sites for hydroxylation is 1. The molecule has 0 spiro atoms. The number of aromatic nitrogens is 5. The quantitative estimate of drug-likeness (QED) is 0.0208. The molecular weight excluding hydrogens is 883 g/mol. The van der Waals surface area contributed by atoms with Crippen molar-refractivity contribution < 1.29 is 57.6 Å². The van der Waals surface area contributed by atoms with Crippen LogP contribution >= 0.6 is 7.82 Å². The number of para-hydroxylation sites is 1. The summed E-state index contributed by atoms with van der Waals surface area (Å²) in [6.07, 6.45) is 8.71. The molecule has 1 aliphatic rings. The third-order valence-corrected chi connectivity index (χ3v) is 11.1. The van der Waals surface area contributed by atoms with Crippen LogP contribution in [0.25, 0.3) is 5.69 Å². The number of primary amides is 1. The van der Waals surface area contributed by atoms with Crippen LogP contribution in [-0.4, -0.2) is 142 Å². The maximum absolute atomic E-state index is 14.0. The van der Waals surface area contributed by atoms with Crippen molar-refractivity contribution in [2.24, 2.45) is 16.8 Å². The Balaban J connectivity index is 1.41. The molecule has 6 amide bonds. The molecule has 0 aliphatic carbocycles. The van der Waals surface area contributed by atoms with Gasteiger partial charge in [-0.05, 0) is 63.5 Å². The third-order valence-electron chi connectivity index (χ3n) is 10.5. The maximum atomic E-state index is 14.0. The second-order valence-electron chi connectivity index (χ2n) is 16.2. The lowest BCUT2D eigenvalue weighted by atomic mass is 10.0. The van der Waals surface area contributed by atoms with Gasteiger partial charge in [0.2, 0.25) is 35.4 Å². The van der Waals surface area contributed by atoms with Crippen LogP contribution in [0.1, 0.15) is 84.0 Å². The number of aliphatic hydroxyl groups excluding tert-OH is 1. The fourth-order valence-electron chi connectivity index (χ4n) is 7.20. The summed E-state index contributed by atoms with van der Waals surface area (Å²) in [5.74, 6) is -4.98. The molecule has 25 heteroatoms. The number of unbranched alkanes of at least 4 members (excludes halogenated alkanes) is 3. The largest absolute Gasteiger partial charge is 0.469 e. The second kappa shape index (κ2) is 25.6. The molecule has 3 heterocycles. The molecule has 1 saturated heterocycles. The predicted octanol–water partition coefficient (Wildman–Crippen LogP) is -0.411. The van der Waals surface area contributed by atoms with Crippen molar-refractivity contribution in [1.29, 1.82) is 0 Å². The highest BCUT2D eigenvalue weighted by Crippen LogP contribution is 2.38. The number of phosphoric ester groups is 1. The minimum absolute atomic E-state index is 0.104. The van der Waals surface area contributed by atoms with Crippen LogP contribution in [0.4, 0.5) is 0 Å². The van der Waals surface area contributed by atoms with E-state index in [0.29, 0.717) is 50.3 Å². The molecule has 1 fully saturated rings. The summed E-state index contributed by atoms with van der Waals surface area (Å²) >= 11 is 0. The number of amides is 6. The van der Waals surface area contributed by atoms with Gasteiger partial charge < -0.3 is 56.2 Å². The first kappa shape index (κ1) is 52.6. The van der Waals surface area contributed by atoms with Gasteiger partial charge in [0.1, 0.15) is 42.5 Å². The van der Waals surface area contributed by atoms with E-state index in [4.69, 9.17) is 10.6 Å². The zero-order valence-electron chi connectivity index (χ0n) is 37.4. The summed E-state index contributed by atoms with van der Waals surface area (Å²) in [4.78, 5) is 109. The minimum atomic E-state index is -5.13. The van der Waals surface area contributed by atoms with Crippen molar-refractivity contribution in [1.82, 2.24) is 50.7 Å². The number of rotatable bonds is 27. The molecule has 4 rings (SSSR count). The first-order valence-corrected chi connectivity index (χ1v) is 23.1. The van der Waals surface area contributed by atoms with Gasteiger partial charge in [0, 0.05) is 38.3 Å². The molecule has 0 unspecified atom stereocenters. The Morgan fingerprint density at radius 3 is 2.30 bits per heavy atom. The number of nitrogens with zero attached hydrogens (tertiary/aromatic N) is 7. The topological polar surface area (TPSA) is 337 Å². The number of benzene rings is 1. The number of phosphoric acid groups is 1. The summed E-state index contributed by atoms with van der Waals surface area (Å²) in [5.41, 5.74) is 7.27. The predicted molar refractivity (Wildman–Crippen MR) is 236 cm³/mol. The van der Waals surface area contributed by atoms with Gasteiger partial charge in [-0.2, -0.15) is 0 Å². The van der Waals surface area contributed by atoms with Gasteiger partial charge in [0.05, 0.1) is 37.1 Å². The third kappa shape index (κ3) is 16.7. The van der Waals surface area contributed by atoms with Crippen molar-refractivity contribution in [3.05, 3.63) is 60.4 Å². The van der Waals surface area contributed by atoms with E-state index < -0.39 is 80.3 Å². The van der Waals surface area contributed by atoms with E-state index in [0.717, 1.165) is 31.9 Å². The molecule has 1 aliphatic heterocycles. The molecule has 0 saturated carbocycles. The minimum Gasteiger partial charge on any atom is -0.396 e. The fraction of sp³-hybridized carbons (Fsp3) is 0.561. The number of oxime groups is 1. The van der Waals surface area contributed by atoms with Crippen molar-refractivity contribution in [2.75, 3.05) is 19.8 Å². The molecule has 9 N–H and O–H groups in total. The van der Waals surface area contributed by atoms with Crippen LogP contribution in [0.2, 0.25) is 0 Å². The van der Waals surface area contributed by atoms with Crippen molar-refractivity contribution in [3.8, 4) is 5.69 Å². The van der Waals surface area contributed by atoms with E-state index >= 15 is 0 Å². The van der Waals surface area contributed by atoms with E-state index in [-0.39, 0.29) is 24.7 Å².